The van der Waals surface area contributed by atoms with Crippen molar-refractivity contribution in [1.29, 1.82) is 0 Å². The summed E-state index contributed by atoms with van der Waals surface area (Å²) in [5, 5.41) is 2.82. The Hall–Kier alpha value is -1.06. The van der Waals surface area contributed by atoms with Gasteiger partial charge < -0.3 is 10.2 Å². The van der Waals surface area contributed by atoms with E-state index in [0.29, 0.717) is 6.54 Å². The van der Waals surface area contributed by atoms with Gasteiger partial charge in [-0.05, 0) is 19.8 Å². The van der Waals surface area contributed by atoms with E-state index >= 15 is 0 Å². The quantitative estimate of drug-likeness (QED) is 0.707. The summed E-state index contributed by atoms with van der Waals surface area (Å²) in [4.78, 5) is 25.8. The Morgan fingerprint density at radius 3 is 2.44 bits per heavy atom. The normalized spacial score (nSPS) is 24.3. The fraction of sp³-hybridized carbons (Fsp3) is 0.857. The first-order valence-electron chi connectivity index (χ1n) is 7.22. The molecule has 18 heavy (non-hydrogen) atoms. The number of carbonyl (C=O) groups is 2. The highest BCUT2D eigenvalue weighted by molar-refractivity contribution is 5.96. The average Bonchev–Trinajstić information content (AvgIpc) is 2.35. The van der Waals surface area contributed by atoms with Crippen LogP contribution in [0.5, 0.6) is 0 Å². The van der Waals surface area contributed by atoms with Gasteiger partial charge in [-0.1, -0.05) is 39.5 Å². The smallest absolute Gasteiger partial charge is 0.245 e. The third-order valence-electron chi connectivity index (χ3n) is 3.57. The summed E-state index contributed by atoms with van der Waals surface area (Å²) in [5.41, 5.74) is 0. The monoisotopic (exact) mass is 254 g/mol. The van der Waals surface area contributed by atoms with Crippen LogP contribution < -0.4 is 5.32 Å². The molecule has 1 saturated heterocycles. The van der Waals surface area contributed by atoms with Crippen molar-refractivity contribution in [3.8, 4) is 0 Å². The minimum absolute atomic E-state index is 0.0106. The molecule has 0 aliphatic carbocycles. The summed E-state index contributed by atoms with van der Waals surface area (Å²) in [6.07, 6.45) is 6.16. The van der Waals surface area contributed by atoms with Gasteiger partial charge in [0.15, 0.2) is 0 Å². The van der Waals surface area contributed by atoms with E-state index in [9.17, 15) is 9.59 Å². The summed E-state index contributed by atoms with van der Waals surface area (Å²) >= 11 is 0. The minimum Gasteiger partial charge on any atom is -0.343 e. The maximum atomic E-state index is 12.2. The fourth-order valence-corrected chi connectivity index (χ4v) is 2.38. The Morgan fingerprint density at radius 1 is 1.11 bits per heavy atom. The van der Waals surface area contributed by atoms with Gasteiger partial charge in [0.1, 0.15) is 12.1 Å². The van der Waals surface area contributed by atoms with Crippen LogP contribution in [0, 0.1) is 0 Å². The van der Waals surface area contributed by atoms with E-state index in [4.69, 9.17) is 0 Å². The van der Waals surface area contributed by atoms with Gasteiger partial charge in [-0.2, -0.15) is 0 Å². The highest BCUT2D eigenvalue weighted by Crippen LogP contribution is 2.14. The molecule has 0 saturated carbocycles. The molecule has 0 bridgehead atoms. The van der Waals surface area contributed by atoms with E-state index in [-0.39, 0.29) is 23.9 Å². The van der Waals surface area contributed by atoms with E-state index in [1.807, 2.05) is 13.8 Å². The molecule has 0 aromatic rings. The summed E-state index contributed by atoms with van der Waals surface area (Å²) in [5.74, 6) is 0.0870. The lowest BCUT2D eigenvalue weighted by atomic mass is 10.0. The first-order chi connectivity index (χ1) is 8.61. The van der Waals surface area contributed by atoms with Crippen molar-refractivity contribution in [3.63, 3.8) is 0 Å². The first kappa shape index (κ1) is 15.0. The summed E-state index contributed by atoms with van der Waals surface area (Å²) < 4.78 is 0. The van der Waals surface area contributed by atoms with Gasteiger partial charge in [0.25, 0.3) is 0 Å². The fourth-order valence-electron chi connectivity index (χ4n) is 2.38. The van der Waals surface area contributed by atoms with Crippen molar-refractivity contribution in [2.45, 2.75) is 71.4 Å². The topological polar surface area (TPSA) is 49.4 Å². The molecule has 1 rings (SSSR count). The summed E-state index contributed by atoms with van der Waals surface area (Å²) in [6.45, 7) is 6.73. The number of hydrogen-bond acceptors (Lipinski definition) is 2. The predicted octanol–water partition coefficient (Wildman–Crippen LogP) is 2.08. The van der Waals surface area contributed by atoms with Gasteiger partial charge in [-0.25, -0.2) is 0 Å². The largest absolute Gasteiger partial charge is 0.343 e. The third kappa shape index (κ3) is 3.72. The molecule has 0 aromatic carbocycles. The molecular formula is C14H26N2O2. The van der Waals surface area contributed by atoms with Crippen LogP contribution in [0.2, 0.25) is 0 Å². The standard InChI is InChI=1S/C14H26N2O2/c1-4-6-7-8-10-16-11(3)13(17)15-12(9-5-2)14(16)18/h11-12H,4-10H2,1-3H3,(H,15,17). The molecule has 1 fully saturated rings. The third-order valence-corrected chi connectivity index (χ3v) is 3.57. The number of nitrogens with one attached hydrogen (secondary N) is 1. The maximum Gasteiger partial charge on any atom is 0.245 e. The molecule has 4 heteroatoms. The number of rotatable bonds is 7. The minimum atomic E-state index is -0.313. The molecule has 0 radical (unpaired) electrons. The van der Waals surface area contributed by atoms with Gasteiger partial charge in [-0.15, -0.1) is 0 Å². The molecule has 0 aromatic heterocycles. The predicted molar refractivity (Wildman–Crippen MR) is 72.2 cm³/mol. The molecule has 0 spiro atoms. The molecule has 2 atom stereocenters. The number of hydrogen-bond donors (Lipinski definition) is 1. The molecule has 104 valence electrons. The highest BCUT2D eigenvalue weighted by Gasteiger charge is 2.36. The van der Waals surface area contributed by atoms with E-state index in [2.05, 4.69) is 12.2 Å². The number of nitrogens with zero attached hydrogens (tertiary/aromatic N) is 1. The van der Waals surface area contributed by atoms with Crippen LogP contribution in [0.15, 0.2) is 0 Å². The van der Waals surface area contributed by atoms with E-state index < -0.39 is 0 Å². The second kappa shape index (κ2) is 7.39. The SMILES string of the molecule is CCCCCCN1C(=O)C(CCC)NC(=O)C1C. The van der Waals surface area contributed by atoms with Gasteiger partial charge in [0.05, 0.1) is 0 Å². The van der Waals surface area contributed by atoms with Crippen LogP contribution in [-0.4, -0.2) is 35.3 Å². The van der Waals surface area contributed by atoms with E-state index in [1.165, 1.54) is 12.8 Å². The number of piperazine rings is 1. The molecule has 4 nitrogen and oxygen atoms in total. The number of unbranched alkanes of at least 4 members (excludes halogenated alkanes) is 3. The van der Waals surface area contributed by atoms with Crippen LogP contribution in [-0.2, 0) is 9.59 Å². The summed E-state index contributed by atoms with van der Waals surface area (Å²) in [7, 11) is 0. The van der Waals surface area contributed by atoms with E-state index in [0.717, 1.165) is 25.7 Å². The molecule has 2 amide bonds. The molecule has 2 unspecified atom stereocenters. The Kier molecular flexibility index (Phi) is 6.16. The zero-order valence-electron chi connectivity index (χ0n) is 11.9. The van der Waals surface area contributed by atoms with Crippen molar-refractivity contribution in [3.05, 3.63) is 0 Å². The van der Waals surface area contributed by atoms with Crippen LogP contribution >= 0.6 is 0 Å². The number of amides is 2. The Morgan fingerprint density at radius 2 is 1.83 bits per heavy atom. The van der Waals surface area contributed by atoms with Crippen LogP contribution in [0.4, 0.5) is 0 Å². The average molecular weight is 254 g/mol. The second-order valence-electron chi connectivity index (χ2n) is 5.12. The molecule has 1 N–H and O–H groups in total. The Labute approximate surface area is 110 Å². The lowest BCUT2D eigenvalue weighted by molar-refractivity contribution is -0.148. The van der Waals surface area contributed by atoms with Gasteiger partial charge in [0, 0.05) is 6.54 Å². The molecule has 1 aliphatic rings. The Bertz CT molecular complexity index is 292. The second-order valence-corrected chi connectivity index (χ2v) is 5.12. The van der Waals surface area contributed by atoms with Gasteiger partial charge >= 0.3 is 0 Å². The van der Waals surface area contributed by atoms with Crippen molar-refractivity contribution in [2.24, 2.45) is 0 Å². The van der Waals surface area contributed by atoms with Crippen molar-refractivity contribution >= 4 is 11.8 Å². The van der Waals surface area contributed by atoms with Crippen LogP contribution in [0.3, 0.4) is 0 Å². The molecule has 1 aliphatic heterocycles. The molecular weight excluding hydrogens is 228 g/mol. The van der Waals surface area contributed by atoms with Crippen molar-refractivity contribution in [1.82, 2.24) is 10.2 Å². The zero-order chi connectivity index (χ0) is 13.5. The van der Waals surface area contributed by atoms with Crippen LogP contribution in [0.25, 0.3) is 0 Å². The van der Waals surface area contributed by atoms with Gasteiger partial charge in [0.2, 0.25) is 11.8 Å². The first-order valence-corrected chi connectivity index (χ1v) is 7.22. The zero-order valence-corrected chi connectivity index (χ0v) is 11.9. The van der Waals surface area contributed by atoms with Crippen molar-refractivity contribution < 1.29 is 9.59 Å². The lowest BCUT2D eigenvalue weighted by Crippen LogP contribution is -2.62. The van der Waals surface area contributed by atoms with E-state index in [1.54, 1.807) is 4.90 Å². The lowest BCUT2D eigenvalue weighted by Gasteiger charge is -2.37. The van der Waals surface area contributed by atoms with Gasteiger partial charge in [-0.3, -0.25) is 9.59 Å². The molecule has 1 heterocycles. The maximum absolute atomic E-state index is 12.2. The van der Waals surface area contributed by atoms with Crippen molar-refractivity contribution in [2.75, 3.05) is 6.54 Å². The Balaban J connectivity index is 2.55. The van der Waals surface area contributed by atoms with Crippen LogP contribution in [0.1, 0.15) is 59.3 Å². The summed E-state index contributed by atoms with van der Waals surface area (Å²) in [6, 6.07) is -0.614. The number of carbonyl (C=O) groups excluding carboxylic acids is 2. The highest BCUT2D eigenvalue weighted by atomic mass is 16.2.